The van der Waals surface area contributed by atoms with E-state index in [0.717, 1.165) is 6.42 Å². The molecule has 0 aromatic heterocycles. The smallest absolute Gasteiger partial charge is 0.0820 e. The monoisotopic (exact) mass is 316 g/mol. The van der Waals surface area contributed by atoms with E-state index in [-0.39, 0.29) is 0 Å². The van der Waals surface area contributed by atoms with Crippen LogP contribution in [0.5, 0.6) is 0 Å². The predicted octanol–water partition coefficient (Wildman–Crippen LogP) is 3.84. The van der Waals surface area contributed by atoms with Crippen LogP contribution >= 0.6 is 51.0 Å². The molecule has 74 valence electrons. The second kappa shape index (κ2) is 8.78. The molecular formula is C3H8OS8. The minimum absolute atomic E-state index is 0.661. The maximum absolute atomic E-state index is 5.33. The molecule has 0 unspecified atom stereocenters. The summed E-state index contributed by atoms with van der Waals surface area (Å²) in [5.74, 6) is 0. The van der Waals surface area contributed by atoms with E-state index in [9.17, 15) is 0 Å². The lowest BCUT2D eigenvalue weighted by Crippen LogP contribution is -1.96. The van der Waals surface area contributed by atoms with Crippen LogP contribution in [-0.4, -0.2) is 6.61 Å². The zero-order valence-corrected chi connectivity index (χ0v) is 12.7. The van der Waals surface area contributed by atoms with E-state index in [1.165, 1.54) is 39.3 Å². The Balaban J connectivity index is 3.58. The van der Waals surface area contributed by atoms with Gasteiger partial charge in [0.15, 0.2) is 0 Å². The Labute approximate surface area is 103 Å². The lowest BCUT2D eigenvalue weighted by atomic mass is 10.5. The van der Waals surface area contributed by atoms with Crippen molar-refractivity contribution in [2.75, 3.05) is 6.61 Å². The normalized spacial score (nSPS) is 11.8. The molecule has 0 aliphatic carbocycles. The van der Waals surface area contributed by atoms with Crippen LogP contribution in [0.2, 0.25) is 0 Å². The Morgan fingerprint density at radius 2 is 2.08 bits per heavy atom. The zero-order valence-electron chi connectivity index (χ0n) is 6.13. The molecular weight excluding hydrogens is 309 g/mol. The molecule has 0 saturated heterocycles. The topological polar surface area (TPSA) is 9.23 Å². The highest BCUT2D eigenvalue weighted by atomic mass is 33.9. The number of rotatable bonds is 7. The maximum atomic E-state index is 5.33. The van der Waals surface area contributed by atoms with E-state index in [4.69, 9.17) is 26.6 Å². The fraction of sp³-hybridized carbons (Fsp3) is 1.00. The van der Waals surface area contributed by atoms with Crippen molar-refractivity contribution in [2.24, 2.45) is 0 Å². The minimum atomic E-state index is -1.74. The quantitative estimate of drug-likeness (QED) is 0.428. The van der Waals surface area contributed by atoms with Crippen molar-refractivity contribution in [3.63, 3.8) is 0 Å². The van der Waals surface area contributed by atoms with Gasteiger partial charge in [-0.2, -0.15) is 0 Å². The third-order valence-corrected chi connectivity index (χ3v) is 14.0. The van der Waals surface area contributed by atoms with E-state index >= 15 is 0 Å². The third-order valence-electron chi connectivity index (χ3n) is 0.601. The molecule has 0 saturated carbocycles. The van der Waals surface area contributed by atoms with Crippen molar-refractivity contribution in [2.45, 2.75) is 13.3 Å². The SMILES string of the molecule is CCCOS(=S)(=S)SSSSS. The van der Waals surface area contributed by atoms with Gasteiger partial charge in [0.1, 0.15) is 0 Å². The Kier molecular flexibility index (Phi) is 10.6. The van der Waals surface area contributed by atoms with Gasteiger partial charge in [-0.1, -0.05) is 18.6 Å². The van der Waals surface area contributed by atoms with Gasteiger partial charge in [0.25, 0.3) is 0 Å². The second-order valence-electron chi connectivity index (χ2n) is 1.51. The first-order valence-electron chi connectivity index (χ1n) is 2.85. The molecule has 0 radical (unpaired) electrons. The molecule has 0 aliphatic heterocycles. The molecule has 0 spiro atoms. The Morgan fingerprint density at radius 3 is 2.58 bits per heavy atom. The van der Waals surface area contributed by atoms with Crippen LogP contribution in [-0.2, 0) is 33.0 Å². The summed E-state index contributed by atoms with van der Waals surface area (Å²) in [5, 5.41) is 0. The molecule has 0 aromatic carbocycles. The molecule has 0 bridgehead atoms. The second-order valence-corrected chi connectivity index (χ2v) is 15.9. The van der Waals surface area contributed by atoms with Crippen LogP contribution in [0.1, 0.15) is 13.3 Å². The summed E-state index contributed by atoms with van der Waals surface area (Å²) in [4.78, 5) is 0. The number of thiol groups is 1. The van der Waals surface area contributed by atoms with Gasteiger partial charge in [0.2, 0.25) is 0 Å². The van der Waals surface area contributed by atoms with E-state index < -0.39 is 6.46 Å². The summed E-state index contributed by atoms with van der Waals surface area (Å²) in [7, 11) is 5.90. The maximum Gasteiger partial charge on any atom is 0.0820 e. The highest BCUT2D eigenvalue weighted by Crippen LogP contribution is 2.47. The first-order valence-corrected chi connectivity index (χ1v) is 12.6. The highest BCUT2D eigenvalue weighted by molar-refractivity contribution is 9.42. The predicted molar refractivity (Wildman–Crippen MR) is 77.7 cm³/mol. The molecule has 0 heterocycles. The van der Waals surface area contributed by atoms with Gasteiger partial charge in [-0.15, -0.1) is 0 Å². The van der Waals surface area contributed by atoms with E-state index in [1.807, 2.05) is 6.92 Å². The largest absolute Gasteiger partial charge is 0.301 e. The van der Waals surface area contributed by atoms with Crippen LogP contribution in [0.25, 0.3) is 0 Å². The average molecular weight is 317 g/mol. The molecule has 0 N–H and O–H groups in total. The number of hydrogen-bond donors (Lipinski definition) is 1. The van der Waals surface area contributed by atoms with Crippen LogP contribution in [0.15, 0.2) is 0 Å². The summed E-state index contributed by atoms with van der Waals surface area (Å²) in [6.45, 7) is 0.962. The highest BCUT2D eigenvalue weighted by Gasteiger charge is 2.03. The van der Waals surface area contributed by atoms with Crippen LogP contribution in [0.4, 0.5) is 0 Å². The average Bonchev–Trinajstić information content (AvgIpc) is 2.01. The van der Waals surface area contributed by atoms with Crippen molar-refractivity contribution in [3.05, 3.63) is 0 Å². The molecule has 0 atom stereocenters. The van der Waals surface area contributed by atoms with Gasteiger partial charge in [-0.25, -0.2) is 0 Å². The fourth-order valence-corrected chi connectivity index (χ4v) is 13.9. The van der Waals surface area contributed by atoms with Crippen LogP contribution in [0, 0.1) is 0 Å². The fourth-order valence-electron chi connectivity index (χ4n) is 0.263. The van der Waals surface area contributed by atoms with Gasteiger partial charge in [-0.05, 0) is 48.4 Å². The summed E-state index contributed by atoms with van der Waals surface area (Å²) in [5.41, 5.74) is 0. The van der Waals surface area contributed by atoms with Gasteiger partial charge in [0.05, 0.1) is 13.1 Å². The minimum Gasteiger partial charge on any atom is -0.301 e. The summed E-state index contributed by atoms with van der Waals surface area (Å²) in [6.07, 6.45) is 0.960. The van der Waals surface area contributed by atoms with Crippen LogP contribution in [0.3, 0.4) is 0 Å². The number of hydrogen-bond acceptors (Lipinski definition) is 8. The molecule has 0 aromatic rings. The first kappa shape index (κ1) is 14.5. The third kappa shape index (κ3) is 9.07. The summed E-state index contributed by atoms with van der Waals surface area (Å²) in [6, 6.07) is 0. The van der Waals surface area contributed by atoms with Gasteiger partial charge in [0, 0.05) is 19.7 Å². The summed E-state index contributed by atoms with van der Waals surface area (Å²) < 4.78 is 5.33. The van der Waals surface area contributed by atoms with Gasteiger partial charge >= 0.3 is 0 Å². The molecule has 12 heavy (non-hydrogen) atoms. The van der Waals surface area contributed by atoms with Gasteiger partial charge < -0.3 is 4.18 Å². The molecule has 0 rings (SSSR count). The Morgan fingerprint density at radius 1 is 1.42 bits per heavy atom. The van der Waals surface area contributed by atoms with E-state index in [0.29, 0.717) is 6.61 Å². The lowest BCUT2D eigenvalue weighted by Gasteiger charge is -2.06. The van der Waals surface area contributed by atoms with Crippen LogP contribution < -0.4 is 0 Å². The van der Waals surface area contributed by atoms with Crippen molar-refractivity contribution < 1.29 is 4.18 Å². The zero-order chi connectivity index (χ0) is 9.45. The molecule has 1 nitrogen and oxygen atoms in total. The molecule has 9 heteroatoms. The van der Waals surface area contributed by atoms with Crippen molar-refractivity contribution in [3.8, 4) is 0 Å². The van der Waals surface area contributed by atoms with E-state index in [1.54, 1.807) is 0 Å². The molecule has 0 aliphatic rings. The Hall–Kier alpha value is 2.50. The van der Waals surface area contributed by atoms with Crippen molar-refractivity contribution in [1.82, 2.24) is 0 Å². The molecule has 0 amide bonds. The van der Waals surface area contributed by atoms with Crippen molar-refractivity contribution >= 4 is 79.8 Å². The van der Waals surface area contributed by atoms with E-state index in [2.05, 4.69) is 11.7 Å². The Bertz CT molecular complexity index is 184. The van der Waals surface area contributed by atoms with Gasteiger partial charge in [-0.3, -0.25) is 0 Å². The standard InChI is InChI=1S/C3H8OS8/c1-2-3-4-12(6,7)11-10-9-8-5/h5H,2-3H2,1H3. The van der Waals surface area contributed by atoms with Crippen molar-refractivity contribution in [1.29, 1.82) is 0 Å². The lowest BCUT2D eigenvalue weighted by molar-refractivity contribution is 0.374. The molecule has 0 fully saturated rings. The summed E-state index contributed by atoms with van der Waals surface area (Å²) >= 11 is 14.2. The first-order chi connectivity index (χ1) is 5.62.